The highest BCUT2D eigenvalue weighted by molar-refractivity contribution is 6.42. The molecule has 0 saturated heterocycles. The van der Waals surface area contributed by atoms with Crippen LogP contribution in [0.1, 0.15) is 15.9 Å². The van der Waals surface area contributed by atoms with Gasteiger partial charge in [-0.15, -0.1) is 0 Å². The topological polar surface area (TPSA) is 55.1 Å². The molecule has 0 atom stereocenters. The number of nitrogens with two attached hydrogens (primary N) is 1. The largest absolute Gasteiger partial charge is 0.379 e. The summed E-state index contributed by atoms with van der Waals surface area (Å²) in [6.07, 6.45) is 0. The molecule has 0 aromatic heterocycles. The van der Waals surface area contributed by atoms with Gasteiger partial charge in [-0.2, -0.15) is 0 Å². The standard InChI is InChI=1S/C14H10Cl2F2N2O/c15-9-3-1-2-7(13(9)16)6-20-12-4-8(14(19)21)10(17)5-11(12)18/h1-5,20H,6H2,(H2,19,21). The Hall–Kier alpha value is -1.85. The fourth-order valence-electron chi connectivity index (χ4n) is 1.75. The van der Waals surface area contributed by atoms with Gasteiger partial charge in [0.2, 0.25) is 0 Å². The number of nitrogens with one attached hydrogen (secondary N) is 1. The van der Waals surface area contributed by atoms with Crippen molar-refractivity contribution in [1.29, 1.82) is 0 Å². The van der Waals surface area contributed by atoms with Gasteiger partial charge in [0.15, 0.2) is 0 Å². The van der Waals surface area contributed by atoms with Crippen LogP contribution >= 0.6 is 23.2 Å². The van der Waals surface area contributed by atoms with E-state index in [0.29, 0.717) is 21.7 Å². The van der Waals surface area contributed by atoms with Gasteiger partial charge in [0, 0.05) is 12.6 Å². The number of benzene rings is 2. The minimum atomic E-state index is -1.01. The third-order valence-electron chi connectivity index (χ3n) is 2.82. The average molecular weight is 331 g/mol. The van der Waals surface area contributed by atoms with Gasteiger partial charge in [-0.1, -0.05) is 35.3 Å². The quantitative estimate of drug-likeness (QED) is 0.890. The predicted octanol–water partition coefficient (Wildman–Crippen LogP) is 3.98. The highest BCUT2D eigenvalue weighted by Gasteiger charge is 2.14. The van der Waals surface area contributed by atoms with Crippen molar-refractivity contribution in [2.24, 2.45) is 5.73 Å². The second-order valence-electron chi connectivity index (χ2n) is 4.24. The van der Waals surface area contributed by atoms with E-state index in [1.807, 2.05) is 0 Å². The van der Waals surface area contributed by atoms with Crippen molar-refractivity contribution >= 4 is 34.8 Å². The van der Waals surface area contributed by atoms with Gasteiger partial charge >= 0.3 is 0 Å². The summed E-state index contributed by atoms with van der Waals surface area (Å²) in [6, 6.07) is 6.64. The molecule has 110 valence electrons. The Morgan fingerprint density at radius 3 is 2.57 bits per heavy atom. The van der Waals surface area contributed by atoms with Crippen LogP contribution in [-0.2, 0) is 6.54 Å². The van der Waals surface area contributed by atoms with Crippen LogP contribution in [0.5, 0.6) is 0 Å². The molecule has 0 aliphatic rings. The summed E-state index contributed by atoms with van der Waals surface area (Å²) in [5.74, 6) is -2.82. The summed E-state index contributed by atoms with van der Waals surface area (Å²) in [6.45, 7) is 0.153. The number of amides is 1. The Kier molecular flexibility index (Phi) is 4.65. The lowest BCUT2D eigenvalue weighted by molar-refractivity contribution is 0.0996. The first-order valence-electron chi connectivity index (χ1n) is 5.85. The van der Waals surface area contributed by atoms with E-state index in [9.17, 15) is 13.6 Å². The van der Waals surface area contributed by atoms with Crippen LogP contribution in [0.15, 0.2) is 30.3 Å². The van der Waals surface area contributed by atoms with Gasteiger partial charge in [0.1, 0.15) is 11.6 Å². The number of primary amides is 1. The van der Waals surface area contributed by atoms with Crippen LogP contribution in [-0.4, -0.2) is 5.91 Å². The summed E-state index contributed by atoms with van der Waals surface area (Å²) < 4.78 is 27.0. The molecule has 0 unspecified atom stereocenters. The lowest BCUT2D eigenvalue weighted by atomic mass is 10.1. The van der Waals surface area contributed by atoms with Gasteiger partial charge in [0.25, 0.3) is 5.91 Å². The summed E-state index contributed by atoms with van der Waals surface area (Å²) in [5, 5.41) is 3.43. The van der Waals surface area contributed by atoms with Crippen LogP contribution < -0.4 is 11.1 Å². The monoisotopic (exact) mass is 330 g/mol. The normalized spacial score (nSPS) is 10.5. The average Bonchev–Trinajstić information content (AvgIpc) is 2.41. The van der Waals surface area contributed by atoms with Crippen molar-refractivity contribution in [2.75, 3.05) is 5.32 Å². The number of rotatable bonds is 4. The Morgan fingerprint density at radius 1 is 1.19 bits per heavy atom. The lowest BCUT2D eigenvalue weighted by Crippen LogP contribution is -2.14. The Morgan fingerprint density at radius 2 is 1.90 bits per heavy atom. The lowest BCUT2D eigenvalue weighted by Gasteiger charge is -2.11. The van der Waals surface area contributed by atoms with Crippen molar-refractivity contribution < 1.29 is 13.6 Å². The fraction of sp³-hybridized carbons (Fsp3) is 0.0714. The van der Waals surface area contributed by atoms with E-state index in [-0.39, 0.29) is 12.2 Å². The number of carbonyl (C=O) groups excluding carboxylic acids is 1. The maximum Gasteiger partial charge on any atom is 0.251 e. The zero-order chi connectivity index (χ0) is 15.6. The minimum Gasteiger partial charge on any atom is -0.379 e. The molecule has 2 aromatic carbocycles. The molecule has 1 amide bonds. The highest BCUT2D eigenvalue weighted by Crippen LogP contribution is 2.27. The van der Waals surface area contributed by atoms with Gasteiger partial charge in [-0.3, -0.25) is 4.79 Å². The third kappa shape index (κ3) is 3.43. The molecule has 0 fully saturated rings. The molecule has 0 heterocycles. The summed E-state index contributed by atoms with van der Waals surface area (Å²) in [5.41, 5.74) is 5.20. The fourth-order valence-corrected chi connectivity index (χ4v) is 2.14. The van der Waals surface area contributed by atoms with E-state index in [0.717, 1.165) is 6.07 Å². The summed E-state index contributed by atoms with van der Waals surface area (Å²) in [4.78, 5) is 11.1. The Labute approximate surface area is 129 Å². The molecule has 3 nitrogen and oxygen atoms in total. The molecular formula is C14H10Cl2F2N2O. The summed E-state index contributed by atoms with van der Waals surface area (Å²) >= 11 is 11.9. The number of hydrogen-bond acceptors (Lipinski definition) is 2. The predicted molar refractivity (Wildman–Crippen MR) is 78.7 cm³/mol. The Bertz CT molecular complexity index is 708. The van der Waals surface area contributed by atoms with Crippen molar-refractivity contribution in [1.82, 2.24) is 0 Å². The molecule has 7 heteroatoms. The molecule has 3 N–H and O–H groups in total. The Balaban J connectivity index is 2.26. The van der Waals surface area contributed by atoms with Gasteiger partial charge in [-0.25, -0.2) is 8.78 Å². The highest BCUT2D eigenvalue weighted by atomic mass is 35.5. The number of anilines is 1. The third-order valence-corrected chi connectivity index (χ3v) is 3.68. The van der Waals surface area contributed by atoms with E-state index in [1.165, 1.54) is 0 Å². The zero-order valence-corrected chi connectivity index (χ0v) is 12.1. The minimum absolute atomic E-state index is 0.0544. The summed E-state index contributed by atoms with van der Waals surface area (Å²) in [7, 11) is 0. The second kappa shape index (κ2) is 6.28. The number of hydrogen-bond donors (Lipinski definition) is 2. The SMILES string of the molecule is NC(=O)c1cc(NCc2cccc(Cl)c2Cl)c(F)cc1F. The van der Waals surface area contributed by atoms with E-state index < -0.39 is 23.1 Å². The van der Waals surface area contributed by atoms with Gasteiger partial charge in [-0.05, 0) is 17.7 Å². The van der Waals surface area contributed by atoms with Crippen LogP contribution in [0.2, 0.25) is 10.0 Å². The molecule has 0 aliphatic heterocycles. The molecular weight excluding hydrogens is 321 g/mol. The first-order valence-corrected chi connectivity index (χ1v) is 6.61. The van der Waals surface area contributed by atoms with Crippen LogP contribution in [0.25, 0.3) is 0 Å². The maximum atomic E-state index is 13.7. The van der Waals surface area contributed by atoms with Crippen molar-refractivity contribution in [2.45, 2.75) is 6.54 Å². The first-order chi connectivity index (χ1) is 9.90. The maximum absolute atomic E-state index is 13.7. The van der Waals surface area contributed by atoms with E-state index in [1.54, 1.807) is 18.2 Å². The molecule has 2 aromatic rings. The van der Waals surface area contributed by atoms with Crippen molar-refractivity contribution in [3.63, 3.8) is 0 Å². The number of halogens is 4. The van der Waals surface area contributed by atoms with Crippen LogP contribution in [0.3, 0.4) is 0 Å². The van der Waals surface area contributed by atoms with E-state index >= 15 is 0 Å². The van der Waals surface area contributed by atoms with Crippen LogP contribution in [0, 0.1) is 11.6 Å². The first kappa shape index (κ1) is 15.5. The van der Waals surface area contributed by atoms with E-state index in [4.69, 9.17) is 28.9 Å². The van der Waals surface area contributed by atoms with Crippen molar-refractivity contribution in [3.05, 3.63) is 63.1 Å². The number of carbonyl (C=O) groups is 1. The zero-order valence-electron chi connectivity index (χ0n) is 10.6. The smallest absolute Gasteiger partial charge is 0.251 e. The van der Waals surface area contributed by atoms with Crippen molar-refractivity contribution in [3.8, 4) is 0 Å². The van der Waals surface area contributed by atoms with E-state index in [2.05, 4.69) is 5.32 Å². The van der Waals surface area contributed by atoms with Crippen LogP contribution in [0.4, 0.5) is 14.5 Å². The molecule has 2 rings (SSSR count). The molecule has 0 spiro atoms. The molecule has 21 heavy (non-hydrogen) atoms. The molecule has 0 saturated carbocycles. The second-order valence-corrected chi connectivity index (χ2v) is 5.03. The molecule has 0 radical (unpaired) electrons. The molecule has 0 aliphatic carbocycles. The van der Waals surface area contributed by atoms with Gasteiger partial charge < -0.3 is 11.1 Å². The molecule has 0 bridgehead atoms. The van der Waals surface area contributed by atoms with Gasteiger partial charge in [0.05, 0.1) is 21.3 Å².